The summed E-state index contributed by atoms with van der Waals surface area (Å²) in [6.45, 7) is 4.72. The maximum absolute atomic E-state index is 12.1. The molecule has 1 N–H and O–H groups in total. The molecule has 0 aromatic carbocycles. The molecule has 3 heteroatoms. The zero-order valence-corrected chi connectivity index (χ0v) is 14.1. The number of likely N-dealkylation sites (tertiary alicyclic amines) is 1. The number of nitrogens with zero attached hydrogens (tertiary/aromatic N) is 1. The Bertz CT molecular complexity index is 542. The first kappa shape index (κ1) is 14.7. The molecule has 22 heavy (non-hydrogen) atoms. The number of aliphatic hydroxyl groups excluding tert-OH is 1. The van der Waals surface area contributed by atoms with Crippen LogP contribution in [0.25, 0.3) is 0 Å². The van der Waals surface area contributed by atoms with Crippen LogP contribution in [0.2, 0.25) is 0 Å². The lowest BCUT2D eigenvalue weighted by Gasteiger charge is -2.58. The van der Waals surface area contributed by atoms with Crippen LogP contribution in [-0.4, -0.2) is 29.1 Å². The van der Waals surface area contributed by atoms with Gasteiger partial charge in [-0.05, 0) is 61.7 Å². The minimum atomic E-state index is -0.104. The van der Waals surface area contributed by atoms with E-state index in [4.69, 9.17) is 0 Å². The van der Waals surface area contributed by atoms with Crippen LogP contribution in [0.3, 0.4) is 0 Å². The SMILES string of the molecule is CN1C(=O)CC[C@@]2(C)C1=CCC1C3CCC(O)[C@@]3(C)CCC12. The van der Waals surface area contributed by atoms with Crippen molar-refractivity contribution in [2.24, 2.45) is 28.6 Å². The first-order chi connectivity index (χ1) is 10.4. The van der Waals surface area contributed by atoms with Crippen LogP contribution in [0.5, 0.6) is 0 Å². The van der Waals surface area contributed by atoms with Gasteiger partial charge in [0, 0.05) is 24.6 Å². The summed E-state index contributed by atoms with van der Waals surface area (Å²) in [5.74, 6) is 2.33. The highest BCUT2D eigenvalue weighted by Crippen LogP contribution is 2.64. The van der Waals surface area contributed by atoms with E-state index in [-0.39, 0.29) is 22.8 Å². The number of hydrogen-bond donors (Lipinski definition) is 1. The van der Waals surface area contributed by atoms with Gasteiger partial charge in [-0.3, -0.25) is 4.79 Å². The van der Waals surface area contributed by atoms with Gasteiger partial charge in [0.15, 0.2) is 0 Å². The number of amides is 1. The topological polar surface area (TPSA) is 40.5 Å². The summed E-state index contributed by atoms with van der Waals surface area (Å²) in [6.07, 6.45) is 9.59. The van der Waals surface area contributed by atoms with Crippen molar-refractivity contribution in [1.29, 1.82) is 0 Å². The van der Waals surface area contributed by atoms with E-state index in [2.05, 4.69) is 19.9 Å². The summed E-state index contributed by atoms with van der Waals surface area (Å²) >= 11 is 0. The summed E-state index contributed by atoms with van der Waals surface area (Å²) in [7, 11) is 1.96. The second kappa shape index (κ2) is 4.59. The van der Waals surface area contributed by atoms with Crippen molar-refractivity contribution in [2.45, 2.75) is 64.9 Å². The van der Waals surface area contributed by atoms with Crippen molar-refractivity contribution in [1.82, 2.24) is 4.90 Å². The lowest BCUT2D eigenvalue weighted by molar-refractivity contribution is -0.136. The largest absolute Gasteiger partial charge is 0.393 e. The molecule has 1 amide bonds. The van der Waals surface area contributed by atoms with Gasteiger partial charge in [-0.1, -0.05) is 19.9 Å². The summed E-state index contributed by atoms with van der Waals surface area (Å²) < 4.78 is 0. The predicted octanol–water partition coefficient (Wildman–Crippen LogP) is 3.34. The molecule has 0 aromatic rings. The lowest BCUT2D eigenvalue weighted by Crippen LogP contribution is -2.54. The van der Waals surface area contributed by atoms with E-state index in [1.807, 2.05) is 11.9 Å². The fourth-order valence-electron chi connectivity index (χ4n) is 6.55. The number of fused-ring (bicyclic) bond motifs is 5. The Balaban J connectivity index is 1.71. The highest BCUT2D eigenvalue weighted by Gasteiger charge is 2.59. The summed E-state index contributed by atoms with van der Waals surface area (Å²) in [5.41, 5.74) is 1.59. The van der Waals surface area contributed by atoms with Crippen molar-refractivity contribution in [3.63, 3.8) is 0 Å². The molecule has 1 saturated heterocycles. The molecule has 6 atom stereocenters. The summed E-state index contributed by atoms with van der Waals surface area (Å²) in [5, 5.41) is 10.5. The van der Waals surface area contributed by atoms with E-state index < -0.39 is 0 Å². The quantitative estimate of drug-likeness (QED) is 0.745. The van der Waals surface area contributed by atoms with Gasteiger partial charge in [-0.15, -0.1) is 0 Å². The number of carbonyl (C=O) groups excluding carboxylic acids is 1. The van der Waals surface area contributed by atoms with E-state index in [0.717, 1.165) is 25.7 Å². The molecule has 0 aromatic heterocycles. The molecule has 0 radical (unpaired) electrons. The maximum Gasteiger partial charge on any atom is 0.226 e. The van der Waals surface area contributed by atoms with Crippen molar-refractivity contribution in [3.8, 4) is 0 Å². The van der Waals surface area contributed by atoms with E-state index in [1.165, 1.54) is 18.5 Å². The molecule has 4 unspecified atom stereocenters. The smallest absolute Gasteiger partial charge is 0.226 e. The molecule has 2 saturated carbocycles. The highest BCUT2D eigenvalue weighted by atomic mass is 16.3. The van der Waals surface area contributed by atoms with Crippen molar-refractivity contribution in [3.05, 3.63) is 11.8 Å². The van der Waals surface area contributed by atoms with Gasteiger partial charge in [-0.25, -0.2) is 0 Å². The first-order valence-electron chi connectivity index (χ1n) is 9.03. The third-order valence-corrected chi connectivity index (χ3v) is 7.97. The second-order valence-electron chi connectivity index (χ2n) is 8.71. The Morgan fingerprint density at radius 2 is 1.95 bits per heavy atom. The lowest BCUT2D eigenvalue weighted by atomic mass is 9.49. The van der Waals surface area contributed by atoms with Crippen LogP contribution < -0.4 is 0 Å². The van der Waals surface area contributed by atoms with Gasteiger partial charge in [0.05, 0.1) is 6.10 Å². The minimum absolute atomic E-state index is 0.104. The molecule has 1 heterocycles. The van der Waals surface area contributed by atoms with Crippen LogP contribution >= 0.6 is 0 Å². The molecule has 4 aliphatic rings. The molecule has 3 fully saturated rings. The monoisotopic (exact) mass is 303 g/mol. The Labute approximate surface area is 133 Å². The molecule has 3 nitrogen and oxygen atoms in total. The molecule has 0 spiro atoms. The zero-order chi connectivity index (χ0) is 15.7. The number of piperidine rings is 1. The normalized spacial score (nSPS) is 51.0. The molecule has 0 bridgehead atoms. The van der Waals surface area contributed by atoms with E-state index in [9.17, 15) is 9.90 Å². The third kappa shape index (κ3) is 1.69. The average Bonchev–Trinajstić information content (AvgIpc) is 2.79. The van der Waals surface area contributed by atoms with Crippen molar-refractivity contribution >= 4 is 5.91 Å². The Morgan fingerprint density at radius 1 is 1.18 bits per heavy atom. The number of allylic oxidation sites excluding steroid dienone is 2. The minimum Gasteiger partial charge on any atom is -0.393 e. The zero-order valence-electron chi connectivity index (χ0n) is 14.1. The van der Waals surface area contributed by atoms with Crippen molar-refractivity contribution in [2.75, 3.05) is 7.05 Å². The second-order valence-corrected chi connectivity index (χ2v) is 8.71. The third-order valence-electron chi connectivity index (χ3n) is 7.97. The Morgan fingerprint density at radius 3 is 2.73 bits per heavy atom. The van der Waals surface area contributed by atoms with Gasteiger partial charge in [0.2, 0.25) is 5.91 Å². The number of rotatable bonds is 0. The van der Waals surface area contributed by atoms with Gasteiger partial charge in [0.25, 0.3) is 0 Å². The van der Waals surface area contributed by atoms with Crippen molar-refractivity contribution < 1.29 is 9.90 Å². The van der Waals surface area contributed by atoms with Crippen LogP contribution in [0.1, 0.15) is 58.8 Å². The highest BCUT2D eigenvalue weighted by molar-refractivity contribution is 5.79. The molecule has 3 aliphatic carbocycles. The fourth-order valence-corrected chi connectivity index (χ4v) is 6.55. The fraction of sp³-hybridized carbons (Fsp3) is 0.842. The standard InChI is InChI=1S/C19H29NO2/c1-18-11-9-17(22)20(3)15(18)6-4-12-13-5-7-16(21)19(13,2)10-8-14(12)18/h6,12-14,16,21H,4-5,7-11H2,1-3H3/t12?,13?,14?,16?,18-,19+/m1/s1. The van der Waals surface area contributed by atoms with Crippen LogP contribution in [-0.2, 0) is 4.79 Å². The number of carbonyl (C=O) groups is 1. The molecular weight excluding hydrogens is 274 g/mol. The Kier molecular flexibility index (Phi) is 3.08. The maximum atomic E-state index is 12.1. The summed E-state index contributed by atoms with van der Waals surface area (Å²) in [6, 6.07) is 0. The number of aliphatic hydroxyl groups is 1. The van der Waals surface area contributed by atoms with E-state index in [1.54, 1.807) is 0 Å². The molecule has 122 valence electrons. The van der Waals surface area contributed by atoms with Gasteiger partial charge < -0.3 is 10.0 Å². The van der Waals surface area contributed by atoms with Gasteiger partial charge >= 0.3 is 0 Å². The molecule has 1 aliphatic heterocycles. The van der Waals surface area contributed by atoms with E-state index in [0.29, 0.717) is 24.2 Å². The van der Waals surface area contributed by atoms with Gasteiger partial charge in [0.1, 0.15) is 0 Å². The number of hydrogen-bond acceptors (Lipinski definition) is 2. The summed E-state index contributed by atoms with van der Waals surface area (Å²) in [4.78, 5) is 14.0. The molecular formula is C19H29NO2. The Hall–Kier alpha value is -0.830. The molecule has 4 rings (SSSR count). The van der Waals surface area contributed by atoms with Gasteiger partial charge in [-0.2, -0.15) is 0 Å². The van der Waals surface area contributed by atoms with Crippen LogP contribution in [0, 0.1) is 28.6 Å². The first-order valence-corrected chi connectivity index (χ1v) is 9.03. The van der Waals surface area contributed by atoms with Crippen LogP contribution in [0.4, 0.5) is 0 Å². The van der Waals surface area contributed by atoms with Crippen LogP contribution in [0.15, 0.2) is 11.8 Å². The van der Waals surface area contributed by atoms with E-state index >= 15 is 0 Å². The predicted molar refractivity (Wildman–Crippen MR) is 85.9 cm³/mol. The average molecular weight is 303 g/mol.